The maximum Gasteiger partial charge on any atom is 0.277 e. The number of carbonyl (C=O) groups excluding carboxylic acids is 1. The van der Waals surface area contributed by atoms with Gasteiger partial charge in [0.05, 0.1) is 5.25 Å². The van der Waals surface area contributed by atoms with Crippen LogP contribution in [0.2, 0.25) is 5.02 Å². The normalized spacial score (nSPS) is 12.0. The van der Waals surface area contributed by atoms with Crippen molar-refractivity contribution in [3.05, 3.63) is 59.4 Å². The Bertz CT molecular complexity index is 868. The molecule has 1 heterocycles. The molecule has 3 rings (SSSR count). The minimum absolute atomic E-state index is 0.200. The number of nitrogens with zero attached hydrogens (tertiary/aromatic N) is 2. The largest absolute Gasteiger partial charge is 0.411 e. The van der Waals surface area contributed by atoms with Crippen LogP contribution in [-0.2, 0) is 4.79 Å². The van der Waals surface area contributed by atoms with Gasteiger partial charge in [-0.05, 0) is 55.5 Å². The third kappa shape index (κ3) is 4.58. The van der Waals surface area contributed by atoms with E-state index in [4.69, 9.17) is 16.0 Å². The van der Waals surface area contributed by atoms with Crippen LogP contribution in [-0.4, -0.2) is 21.4 Å². The fourth-order valence-electron chi connectivity index (χ4n) is 1.95. The predicted molar refractivity (Wildman–Crippen MR) is 95.1 cm³/mol. The zero-order chi connectivity index (χ0) is 17.8. The molecule has 0 saturated carbocycles. The van der Waals surface area contributed by atoms with Crippen LogP contribution < -0.4 is 5.32 Å². The lowest BCUT2D eigenvalue weighted by Gasteiger charge is -2.09. The van der Waals surface area contributed by atoms with E-state index in [1.54, 1.807) is 43.3 Å². The van der Waals surface area contributed by atoms with Crippen molar-refractivity contribution < 1.29 is 13.6 Å². The standard InChI is InChI=1S/C17H13ClFN3O2S/c1-10(15(23)20-14-8-4-12(18)5-9-14)25-17-22-21-16(24-17)11-2-6-13(19)7-3-11/h2-10H,1H3,(H,20,23)/t10-/m1/s1. The fourth-order valence-corrected chi connectivity index (χ4v) is 2.76. The van der Waals surface area contributed by atoms with Crippen molar-refractivity contribution in [3.63, 3.8) is 0 Å². The molecule has 0 aliphatic heterocycles. The van der Waals surface area contributed by atoms with E-state index in [0.29, 0.717) is 16.3 Å². The first-order valence-electron chi connectivity index (χ1n) is 7.34. The number of hydrogen-bond donors (Lipinski definition) is 1. The summed E-state index contributed by atoms with van der Waals surface area (Å²) in [5.41, 5.74) is 1.26. The Morgan fingerprint density at radius 2 is 1.84 bits per heavy atom. The summed E-state index contributed by atoms with van der Waals surface area (Å²) in [6.07, 6.45) is 0. The van der Waals surface area contributed by atoms with E-state index in [0.717, 1.165) is 11.8 Å². The summed E-state index contributed by atoms with van der Waals surface area (Å²) in [5.74, 6) is -0.271. The van der Waals surface area contributed by atoms with Gasteiger partial charge in [-0.1, -0.05) is 23.4 Å². The van der Waals surface area contributed by atoms with Gasteiger partial charge in [0.2, 0.25) is 11.8 Å². The number of rotatable bonds is 5. The first-order chi connectivity index (χ1) is 12.0. The lowest BCUT2D eigenvalue weighted by Crippen LogP contribution is -2.22. The number of amides is 1. The van der Waals surface area contributed by atoms with Crippen molar-refractivity contribution in [2.45, 2.75) is 17.4 Å². The van der Waals surface area contributed by atoms with Gasteiger partial charge in [-0.15, -0.1) is 10.2 Å². The SMILES string of the molecule is C[C@@H](Sc1nnc(-c2ccc(F)cc2)o1)C(=O)Nc1ccc(Cl)cc1. The van der Waals surface area contributed by atoms with Gasteiger partial charge < -0.3 is 9.73 Å². The van der Waals surface area contributed by atoms with Gasteiger partial charge in [0, 0.05) is 16.3 Å². The molecule has 0 aliphatic rings. The minimum Gasteiger partial charge on any atom is -0.411 e. The van der Waals surface area contributed by atoms with Crippen LogP contribution in [0, 0.1) is 5.82 Å². The third-order valence-electron chi connectivity index (χ3n) is 3.26. The van der Waals surface area contributed by atoms with Crippen molar-refractivity contribution >= 4 is 35.0 Å². The molecule has 0 aliphatic carbocycles. The molecule has 128 valence electrons. The van der Waals surface area contributed by atoms with Crippen LogP contribution >= 0.6 is 23.4 Å². The first-order valence-corrected chi connectivity index (χ1v) is 8.59. The molecular formula is C17H13ClFN3O2S. The van der Waals surface area contributed by atoms with E-state index < -0.39 is 5.25 Å². The summed E-state index contributed by atoms with van der Waals surface area (Å²) in [6.45, 7) is 1.73. The average molecular weight is 378 g/mol. The number of hydrogen-bond acceptors (Lipinski definition) is 5. The molecule has 0 bridgehead atoms. The van der Waals surface area contributed by atoms with Crippen molar-refractivity contribution in [2.24, 2.45) is 0 Å². The Morgan fingerprint density at radius 3 is 2.52 bits per heavy atom. The number of aromatic nitrogens is 2. The second-order valence-electron chi connectivity index (χ2n) is 5.14. The third-order valence-corrected chi connectivity index (χ3v) is 4.44. The highest BCUT2D eigenvalue weighted by atomic mass is 35.5. The number of thioether (sulfide) groups is 1. The second-order valence-corrected chi connectivity index (χ2v) is 6.86. The second kappa shape index (κ2) is 7.67. The van der Waals surface area contributed by atoms with E-state index in [1.165, 1.54) is 12.1 Å². The minimum atomic E-state index is -0.447. The van der Waals surface area contributed by atoms with E-state index in [-0.39, 0.29) is 22.8 Å². The highest BCUT2D eigenvalue weighted by Crippen LogP contribution is 2.27. The molecule has 1 aromatic heterocycles. The molecule has 0 spiro atoms. The molecule has 25 heavy (non-hydrogen) atoms. The summed E-state index contributed by atoms with van der Waals surface area (Å²) in [4.78, 5) is 12.2. The summed E-state index contributed by atoms with van der Waals surface area (Å²) in [7, 11) is 0. The number of halogens is 2. The summed E-state index contributed by atoms with van der Waals surface area (Å²) in [6, 6.07) is 12.6. The zero-order valence-electron chi connectivity index (χ0n) is 13.1. The first kappa shape index (κ1) is 17.4. The Morgan fingerprint density at radius 1 is 1.16 bits per heavy atom. The Labute approximate surface area is 152 Å². The fraction of sp³-hybridized carbons (Fsp3) is 0.118. The van der Waals surface area contributed by atoms with Crippen LogP contribution in [0.3, 0.4) is 0 Å². The molecule has 3 aromatic rings. The number of anilines is 1. The highest BCUT2D eigenvalue weighted by molar-refractivity contribution is 8.00. The number of nitrogens with one attached hydrogen (secondary N) is 1. The van der Waals surface area contributed by atoms with Crippen LogP contribution in [0.1, 0.15) is 6.92 Å². The molecule has 1 amide bonds. The van der Waals surface area contributed by atoms with Crippen molar-refractivity contribution in [3.8, 4) is 11.5 Å². The molecule has 5 nitrogen and oxygen atoms in total. The molecule has 0 unspecified atom stereocenters. The van der Waals surface area contributed by atoms with Crippen LogP contribution in [0.5, 0.6) is 0 Å². The predicted octanol–water partition coefficient (Wildman–Crippen LogP) is 4.65. The molecule has 1 N–H and O–H groups in total. The quantitative estimate of drug-likeness (QED) is 0.655. The monoisotopic (exact) mass is 377 g/mol. The van der Waals surface area contributed by atoms with Crippen LogP contribution in [0.15, 0.2) is 58.2 Å². The lowest BCUT2D eigenvalue weighted by atomic mass is 10.2. The molecule has 0 saturated heterocycles. The maximum absolute atomic E-state index is 12.9. The summed E-state index contributed by atoms with van der Waals surface area (Å²) >= 11 is 6.95. The number of carbonyl (C=O) groups is 1. The Hall–Kier alpha value is -2.38. The van der Waals surface area contributed by atoms with Crippen LogP contribution in [0.25, 0.3) is 11.5 Å². The lowest BCUT2D eigenvalue weighted by molar-refractivity contribution is -0.115. The molecule has 1 atom stereocenters. The Balaban J connectivity index is 1.62. The Kier molecular flexibility index (Phi) is 5.35. The van der Waals surface area contributed by atoms with E-state index in [9.17, 15) is 9.18 Å². The van der Waals surface area contributed by atoms with Crippen molar-refractivity contribution in [1.82, 2.24) is 10.2 Å². The van der Waals surface area contributed by atoms with Crippen molar-refractivity contribution in [2.75, 3.05) is 5.32 Å². The molecule has 0 fully saturated rings. The molecule has 8 heteroatoms. The van der Waals surface area contributed by atoms with Crippen LogP contribution in [0.4, 0.5) is 10.1 Å². The topological polar surface area (TPSA) is 68.0 Å². The maximum atomic E-state index is 12.9. The smallest absolute Gasteiger partial charge is 0.277 e. The zero-order valence-corrected chi connectivity index (χ0v) is 14.6. The van der Waals surface area contributed by atoms with E-state index in [2.05, 4.69) is 15.5 Å². The van der Waals surface area contributed by atoms with Crippen molar-refractivity contribution in [1.29, 1.82) is 0 Å². The van der Waals surface area contributed by atoms with Gasteiger partial charge >= 0.3 is 0 Å². The van der Waals surface area contributed by atoms with E-state index in [1.807, 2.05) is 0 Å². The van der Waals surface area contributed by atoms with E-state index >= 15 is 0 Å². The van der Waals surface area contributed by atoms with Gasteiger partial charge in [0.15, 0.2) is 0 Å². The molecule has 0 radical (unpaired) electrons. The van der Waals surface area contributed by atoms with Gasteiger partial charge in [0.1, 0.15) is 5.82 Å². The molecular weight excluding hydrogens is 365 g/mol. The average Bonchev–Trinajstić information content (AvgIpc) is 3.06. The van der Waals surface area contributed by atoms with Gasteiger partial charge in [0.25, 0.3) is 5.22 Å². The van der Waals surface area contributed by atoms with Gasteiger partial charge in [-0.25, -0.2) is 4.39 Å². The van der Waals surface area contributed by atoms with Gasteiger partial charge in [-0.2, -0.15) is 0 Å². The van der Waals surface area contributed by atoms with Gasteiger partial charge in [-0.3, -0.25) is 4.79 Å². The summed E-state index contributed by atoms with van der Waals surface area (Å²) in [5, 5.41) is 11.0. The highest BCUT2D eigenvalue weighted by Gasteiger charge is 2.19. The summed E-state index contributed by atoms with van der Waals surface area (Å²) < 4.78 is 18.5. The number of benzene rings is 2. The molecule has 2 aromatic carbocycles.